The van der Waals surface area contributed by atoms with Crippen molar-refractivity contribution >= 4 is 33.0 Å². The minimum atomic E-state index is -3.16. The lowest BCUT2D eigenvalue weighted by atomic mass is 10.3. The highest BCUT2D eigenvalue weighted by Gasteiger charge is 2.31. The first-order chi connectivity index (χ1) is 14.0. The number of rotatable bonds is 5. The van der Waals surface area contributed by atoms with Crippen LogP contribution in [0.2, 0.25) is 0 Å². The van der Waals surface area contributed by atoms with Gasteiger partial charge in [0.25, 0.3) is 0 Å². The van der Waals surface area contributed by atoms with E-state index in [4.69, 9.17) is 9.72 Å². The molecule has 4 heterocycles. The summed E-state index contributed by atoms with van der Waals surface area (Å²) < 4.78 is 33.0. The molecule has 10 nitrogen and oxygen atoms in total. The van der Waals surface area contributed by atoms with Crippen molar-refractivity contribution < 1.29 is 13.2 Å². The number of sulfonamides is 1. The molecule has 11 heteroatoms. The lowest BCUT2D eigenvalue weighted by Crippen LogP contribution is -2.49. The third kappa shape index (κ3) is 3.78. The van der Waals surface area contributed by atoms with Crippen LogP contribution in [0.4, 0.5) is 11.8 Å². The maximum Gasteiger partial charge on any atom is 0.211 e. The first-order valence-electron chi connectivity index (χ1n) is 10.2. The Hall–Kier alpha value is -1.98. The zero-order chi connectivity index (χ0) is 20.0. The number of fused-ring (bicyclic) bond motifs is 1. The molecular formula is C18H27N7O3S. The molecule has 5 rings (SSSR count). The topological polar surface area (TPSA) is 96.7 Å². The second-order valence-electron chi connectivity index (χ2n) is 8.08. The Bertz CT molecular complexity index is 990. The van der Waals surface area contributed by atoms with E-state index >= 15 is 0 Å². The van der Waals surface area contributed by atoms with E-state index in [9.17, 15) is 8.42 Å². The summed E-state index contributed by atoms with van der Waals surface area (Å²) in [5.41, 5.74) is 1.70. The molecular weight excluding hydrogens is 394 g/mol. The van der Waals surface area contributed by atoms with Crippen molar-refractivity contribution in [3.63, 3.8) is 0 Å². The maximum atomic E-state index is 11.9. The van der Waals surface area contributed by atoms with Gasteiger partial charge in [0.2, 0.25) is 16.0 Å². The third-order valence-corrected chi connectivity index (χ3v) is 7.23. The highest BCUT2D eigenvalue weighted by molar-refractivity contribution is 7.88. The second-order valence-corrected chi connectivity index (χ2v) is 10.1. The number of nitrogens with zero attached hydrogens (tertiary/aromatic N) is 7. The molecule has 1 aliphatic carbocycles. The number of morpholine rings is 1. The predicted molar refractivity (Wildman–Crippen MR) is 110 cm³/mol. The smallest absolute Gasteiger partial charge is 0.211 e. The van der Waals surface area contributed by atoms with E-state index in [-0.39, 0.29) is 0 Å². The molecule has 3 fully saturated rings. The lowest BCUT2D eigenvalue weighted by molar-refractivity contribution is 0.122. The van der Waals surface area contributed by atoms with Gasteiger partial charge in [0, 0.05) is 45.8 Å². The SMILES string of the molecule is CS(=O)(=O)N1CCN(c2nc3c(N4CCOCC4)ncnc3n2CC2CC2)CC1. The minimum absolute atomic E-state index is 0.480. The molecule has 29 heavy (non-hydrogen) atoms. The van der Waals surface area contributed by atoms with Crippen molar-refractivity contribution in [2.45, 2.75) is 19.4 Å². The fraction of sp³-hybridized carbons (Fsp3) is 0.722. The van der Waals surface area contributed by atoms with E-state index in [1.807, 2.05) is 0 Å². The van der Waals surface area contributed by atoms with E-state index in [1.165, 1.54) is 23.4 Å². The van der Waals surface area contributed by atoms with Crippen LogP contribution in [0.1, 0.15) is 12.8 Å². The summed E-state index contributed by atoms with van der Waals surface area (Å²) in [6.07, 6.45) is 5.38. The van der Waals surface area contributed by atoms with Crippen LogP contribution in [-0.2, 0) is 21.3 Å². The van der Waals surface area contributed by atoms with Gasteiger partial charge >= 0.3 is 0 Å². The number of imidazole rings is 1. The molecule has 0 spiro atoms. The first-order valence-corrected chi connectivity index (χ1v) is 12.1. The van der Waals surface area contributed by atoms with E-state index < -0.39 is 10.0 Å². The second kappa shape index (κ2) is 7.37. The Balaban J connectivity index is 1.50. The number of piperazine rings is 1. The van der Waals surface area contributed by atoms with Crippen LogP contribution in [-0.4, -0.2) is 91.0 Å². The van der Waals surface area contributed by atoms with Gasteiger partial charge in [0.05, 0.1) is 19.5 Å². The fourth-order valence-electron chi connectivity index (χ4n) is 4.11. The van der Waals surface area contributed by atoms with Crippen LogP contribution in [0.5, 0.6) is 0 Å². The Morgan fingerprint density at radius 3 is 2.41 bits per heavy atom. The zero-order valence-electron chi connectivity index (χ0n) is 16.7. The molecule has 0 N–H and O–H groups in total. The van der Waals surface area contributed by atoms with Crippen LogP contribution >= 0.6 is 0 Å². The van der Waals surface area contributed by atoms with Gasteiger partial charge in [0.1, 0.15) is 6.33 Å². The van der Waals surface area contributed by atoms with Gasteiger partial charge in [-0.2, -0.15) is 4.31 Å². The Morgan fingerprint density at radius 1 is 1.03 bits per heavy atom. The molecule has 0 bridgehead atoms. The monoisotopic (exact) mass is 421 g/mol. The average Bonchev–Trinajstić information content (AvgIpc) is 3.47. The van der Waals surface area contributed by atoms with Gasteiger partial charge in [-0.25, -0.2) is 23.4 Å². The summed E-state index contributed by atoms with van der Waals surface area (Å²) in [4.78, 5) is 18.5. The molecule has 0 unspecified atom stereocenters. The zero-order valence-corrected chi connectivity index (χ0v) is 17.5. The summed E-state index contributed by atoms with van der Waals surface area (Å²) in [6.45, 7) is 6.08. The largest absolute Gasteiger partial charge is 0.378 e. The molecule has 2 aliphatic heterocycles. The summed E-state index contributed by atoms with van der Waals surface area (Å²) in [5, 5.41) is 0. The van der Waals surface area contributed by atoms with Crippen LogP contribution in [0, 0.1) is 5.92 Å². The first kappa shape index (κ1) is 19.0. The molecule has 0 atom stereocenters. The highest BCUT2D eigenvalue weighted by Crippen LogP contribution is 2.35. The molecule has 158 valence electrons. The molecule has 1 saturated carbocycles. The molecule has 0 amide bonds. The predicted octanol–water partition coefficient (Wildman–Crippen LogP) is 0.155. The van der Waals surface area contributed by atoms with Gasteiger partial charge in [-0.3, -0.25) is 4.57 Å². The normalized spacial score (nSPS) is 21.8. The summed E-state index contributed by atoms with van der Waals surface area (Å²) in [5.74, 6) is 2.42. The van der Waals surface area contributed by atoms with Crippen molar-refractivity contribution in [3.8, 4) is 0 Å². The summed E-state index contributed by atoms with van der Waals surface area (Å²) >= 11 is 0. The summed E-state index contributed by atoms with van der Waals surface area (Å²) in [6, 6.07) is 0. The van der Waals surface area contributed by atoms with Gasteiger partial charge in [-0.15, -0.1) is 0 Å². The van der Waals surface area contributed by atoms with Gasteiger partial charge in [0.15, 0.2) is 17.0 Å². The maximum absolute atomic E-state index is 11.9. The van der Waals surface area contributed by atoms with Crippen molar-refractivity contribution in [1.82, 2.24) is 23.8 Å². The molecule has 0 aromatic carbocycles. The molecule has 2 aromatic heterocycles. The Morgan fingerprint density at radius 2 is 1.76 bits per heavy atom. The van der Waals surface area contributed by atoms with Crippen LogP contribution in [0.25, 0.3) is 11.2 Å². The Labute approximate surface area is 170 Å². The molecule has 0 radical (unpaired) electrons. The van der Waals surface area contributed by atoms with E-state index in [2.05, 4.69) is 24.3 Å². The van der Waals surface area contributed by atoms with Gasteiger partial charge in [-0.05, 0) is 18.8 Å². The van der Waals surface area contributed by atoms with Gasteiger partial charge in [-0.1, -0.05) is 0 Å². The standard InChI is InChI=1S/C18H27N7O3S/c1-29(26,27)24-6-4-23(5-7-24)18-21-15-16(22-8-10-28-11-9-22)19-13-20-17(15)25(18)12-14-2-3-14/h13-14H,2-12H2,1H3. The average molecular weight is 422 g/mol. The third-order valence-electron chi connectivity index (χ3n) is 5.93. The number of anilines is 2. The molecule has 3 aliphatic rings. The quantitative estimate of drug-likeness (QED) is 0.673. The van der Waals surface area contributed by atoms with Crippen molar-refractivity contribution in [2.75, 3.05) is 68.5 Å². The summed E-state index contributed by atoms with van der Waals surface area (Å²) in [7, 11) is -3.16. The minimum Gasteiger partial charge on any atom is -0.378 e. The van der Waals surface area contributed by atoms with Gasteiger partial charge < -0.3 is 14.5 Å². The number of hydrogen-bond acceptors (Lipinski definition) is 8. The highest BCUT2D eigenvalue weighted by atomic mass is 32.2. The number of ether oxygens (including phenoxy) is 1. The van der Waals surface area contributed by atoms with Crippen LogP contribution < -0.4 is 9.80 Å². The van der Waals surface area contributed by atoms with E-state index in [1.54, 1.807) is 6.33 Å². The van der Waals surface area contributed by atoms with E-state index in [0.717, 1.165) is 42.6 Å². The molecule has 2 saturated heterocycles. The van der Waals surface area contributed by atoms with Crippen molar-refractivity contribution in [1.29, 1.82) is 0 Å². The number of aromatic nitrogens is 4. The van der Waals surface area contributed by atoms with Crippen molar-refractivity contribution in [3.05, 3.63) is 6.33 Å². The van der Waals surface area contributed by atoms with Crippen molar-refractivity contribution in [2.24, 2.45) is 5.92 Å². The Kier molecular flexibility index (Phi) is 4.83. The lowest BCUT2D eigenvalue weighted by Gasteiger charge is -2.34. The molecule has 2 aromatic rings. The fourth-order valence-corrected chi connectivity index (χ4v) is 4.93. The van der Waals surface area contributed by atoms with Crippen LogP contribution in [0.3, 0.4) is 0 Å². The van der Waals surface area contributed by atoms with Crippen LogP contribution in [0.15, 0.2) is 6.33 Å². The number of hydrogen-bond donors (Lipinski definition) is 0. The van der Waals surface area contributed by atoms with E-state index in [0.29, 0.717) is 45.3 Å².